The monoisotopic (exact) mass is 311 g/mol. The molecule has 1 unspecified atom stereocenters. The molecule has 0 spiro atoms. The standard InChI is InChI=1S/C20H25NO2/c1-4-19(17-8-6-5-7-9-17)20(22)21-14-16-10-12-18(13-11-16)23-15(2)3/h5-13,15,19H,4,14H2,1-3H3,(H,21,22). The van der Waals surface area contributed by atoms with Crippen LogP contribution < -0.4 is 10.1 Å². The molecule has 0 aliphatic heterocycles. The second-order valence-corrected chi connectivity index (χ2v) is 5.90. The van der Waals surface area contributed by atoms with Crippen molar-refractivity contribution in [2.24, 2.45) is 0 Å². The van der Waals surface area contributed by atoms with Gasteiger partial charge in [-0.05, 0) is 43.5 Å². The predicted molar refractivity (Wildman–Crippen MR) is 93.5 cm³/mol. The van der Waals surface area contributed by atoms with E-state index < -0.39 is 0 Å². The van der Waals surface area contributed by atoms with Gasteiger partial charge < -0.3 is 10.1 Å². The van der Waals surface area contributed by atoms with Gasteiger partial charge in [0.05, 0.1) is 12.0 Å². The molecule has 122 valence electrons. The lowest BCUT2D eigenvalue weighted by Crippen LogP contribution is -2.28. The lowest BCUT2D eigenvalue weighted by Gasteiger charge is -2.16. The van der Waals surface area contributed by atoms with Crippen LogP contribution in [-0.2, 0) is 11.3 Å². The third-order valence-electron chi connectivity index (χ3n) is 3.69. The van der Waals surface area contributed by atoms with Gasteiger partial charge in [0.1, 0.15) is 5.75 Å². The molecular formula is C20H25NO2. The summed E-state index contributed by atoms with van der Waals surface area (Å²) in [6, 6.07) is 17.8. The average molecular weight is 311 g/mol. The van der Waals surface area contributed by atoms with E-state index in [4.69, 9.17) is 4.74 Å². The highest BCUT2D eigenvalue weighted by atomic mass is 16.5. The van der Waals surface area contributed by atoms with Crippen LogP contribution in [0.2, 0.25) is 0 Å². The Kier molecular flexibility index (Phi) is 6.21. The molecule has 0 saturated carbocycles. The Morgan fingerprint density at radius 1 is 1.04 bits per heavy atom. The van der Waals surface area contributed by atoms with E-state index >= 15 is 0 Å². The Hall–Kier alpha value is -2.29. The maximum absolute atomic E-state index is 12.4. The Morgan fingerprint density at radius 2 is 1.70 bits per heavy atom. The summed E-state index contributed by atoms with van der Waals surface area (Å²) in [7, 11) is 0. The van der Waals surface area contributed by atoms with Crippen molar-refractivity contribution in [2.75, 3.05) is 0 Å². The minimum atomic E-state index is -0.0975. The number of hydrogen-bond acceptors (Lipinski definition) is 2. The number of hydrogen-bond donors (Lipinski definition) is 1. The van der Waals surface area contributed by atoms with E-state index in [1.165, 1.54) is 0 Å². The molecule has 0 aromatic heterocycles. The van der Waals surface area contributed by atoms with Gasteiger partial charge in [0.25, 0.3) is 0 Å². The van der Waals surface area contributed by atoms with Crippen LogP contribution in [0.3, 0.4) is 0 Å². The van der Waals surface area contributed by atoms with E-state index in [-0.39, 0.29) is 17.9 Å². The molecule has 0 saturated heterocycles. The number of benzene rings is 2. The molecule has 3 nitrogen and oxygen atoms in total. The normalized spacial score (nSPS) is 12.0. The van der Waals surface area contributed by atoms with Gasteiger partial charge in [-0.15, -0.1) is 0 Å². The van der Waals surface area contributed by atoms with Crippen molar-refractivity contribution in [1.82, 2.24) is 5.32 Å². The molecule has 1 amide bonds. The first kappa shape index (κ1) is 17.1. The van der Waals surface area contributed by atoms with Gasteiger partial charge in [0, 0.05) is 6.54 Å². The van der Waals surface area contributed by atoms with Gasteiger partial charge in [-0.3, -0.25) is 4.79 Å². The highest BCUT2D eigenvalue weighted by Gasteiger charge is 2.17. The Balaban J connectivity index is 1.93. The lowest BCUT2D eigenvalue weighted by molar-refractivity contribution is -0.122. The summed E-state index contributed by atoms with van der Waals surface area (Å²) < 4.78 is 5.62. The van der Waals surface area contributed by atoms with Gasteiger partial charge >= 0.3 is 0 Å². The molecule has 1 N–H and O–H groups in total. The molecule has 1 atom stereocenters. The predicted octanol–water partition coefficient (Wildman–Crippen LogP) is 4.28. The maximum Gasteiger partial charge on any atom is 0.227 e. The molecule has 0 radical (unpaired) electrons. The van der Waals surface area contributed by atoms with E-state index in [9.17, 15) is 4.79 Å². The second-order valence-electron chi connectivity index (χ2n) is 5.90. The number of amides is 1. The first-order chi connectivity index (χ1) is 11.1. The SMILES string of the molecule is CCC(C(=O)NCc1ccc(OC(C)C)cc1)c1ccccc1. The fourth-order valence-corrected chi connectivity index (χ4v) is 2.53. The van der Waals surface area contributed by atoms with Gasteiger partial charge in [-0.25, -0.2) is 0 Å². The van der Waals surface area contributed by atoms with Crippen molar-refractivity contribution in [3.05, 3.63) is 65.7 Å². The van der Waals surface area contributed by atoms with E-state index in [1.807, 2.05) is 75.4 Å². The van der Waals surface area contributed by atoms with Crippen LogP contribution in [0.5, 0.6) is 5.75 Å². The molecule has 2 aromatic rings. The summed E-state index contributed by atoms with van der Waals surface area (Å²) in [5.41, 5.74) is 2.13. The fourth-order valence-electron chi connectivity index (χ4n) is 2.53. The van der Waals surface area contributed by atoms with Crippen molar-refractivity contribution >= 4 is 5.91 Å². The number of carbonyl (C=O) groups excluding carboxylic acids is 1. The molecule has 0 heterocycles. The van der Waals surface area contributed by atoms with Crippen LogP contribution in [0.15, 0.2) is 54.6 Å². The third-order valence-corrected chi connectivity index (χ3v) is 3.69. The molecule has 2 aromatic carbocycles. The summed E-state index contributed by atoms with van der Waals surface area (Å²) in [5, 5.41) is 3.03. The maximum atomic E-state index is 12.4. The highest BCUT2D eigenvalue weighted by molar-refractivity contribution is 5.83. The fraction of sp³-hybridized carbons (Fsp3) is 0.350. The summed E-state index contributed by atoms with van der Waals surface area (Å²) >= 11 is 0. The lowest BCUT2D eigenvalue weighted by atomic mass is 9.95. The van der Waals surface area contributed by atoms with E-state index in [0.717, 1.165) is 23.3 Å². The second kappa shape index (κ2) is 8.37. The van der Waals surface area contributed by atoms with Crippen LogP contribution in [0, 0.1) is 0 Å². The molecular weight excluding hydrogens is 286 g/mol. The average Bonchev–Trinajstić information content (AvgIpc) is 2.55. The Labute approximate surface area is 138 Å². The summed E-state index contributed by atoms with van der Waals surface area (Å²) in [6.45, 7) is 6.57. The number of carbonyl (C=O) groups is 1. The largest absolute Gasteiger partial charge is 0.491 e. The van der Waals surface area contributed by atoms with Crippen molar-refractivity contribution < 1.29 is 9.53 Å². The van der Waals surface area contributed by atoms with E-state index in [2.05, 4.69) is 5.32 Å². The van der Waals surface area contributed by atoms with Crippen LogP contribution in [0.1, 0.15) is 44.2 Å². The Morgan fingerprint density at radius 3 is 2.26 bits per heavy atom. The quantitative estimate of drug-likeness (QED) is 0.828. The van der Waals surface area contributed by atoms with Crippen molar-refractivity contribution in [3.63, 3.8) is 0 Å². The number of ether oxygens (including phenoxy) is 1. The van der Waals surface area contributed by atoms with Gasteiger partial charge in [0.2, 0.25) is 5.91 Å². The molecule has 23 heavy (non-hydrogen) atoms. The van der Waals surface area contributed by atoms with Gasteiger partial charge in [-0.2, -0.15) is 0 Å². The number of nitrogens with one attached hydrogen (secondary N) is 1. The summed E-state index contributed by atoms with van der Waals surface area (Å²) in [5.74, 6) is 0.826. The van der Waals surface area contributed by atoms with Crippen LogP contribution in [0.25, 0.3) is 0 Å². The molecule has 2 rings (SSSR count). The van der Waals surface area contributed by atoms with Gasteiger partial charge in [0.15, 0.2) is 0 Å². The highest BCUT2D eigenvalue weighted by Crippen LogP contribution is 2.19. The molecule has 3 heteroatoms. The first-order valence-electron chi connectivity index (χ1n) is 8.18. The zero-order valence-electron chi connectivity index (χ0n) is 14.1. The van der Waals surface area contributed by atoms with Crippen molar-refractivity contribution in [3.8, 4) is 5.75 Å². The van der Waals surface area contributed by atoms with E-state index in [0.29, 0.717) is 6.54 Å². The summed E-state index contributed by atoms with van der Waals surface area (Å²) in [4.78, 5) is 12.4. The van der Waals surface area contributed by atoms with Gasteiger partial charge in [-0.1, -0.05) is 49.4 Å². The molecule has 0 bridgehead atoms. The van der Waals surface area contributed by atoms with Crippen LogP contribution >= 0.6 is 0 Å². The third kappa shape index (κ3) is 5.13. The smallest absolute Gasteiger partial charge is 0.227 e. The van der Waals surface area contributed by atoms with Crippen LogP contribution in [0.4, 0.5) is 0 Å². The minimum absolute atomic E-state index is 0.0706. The molecule has 0 fully saturated rings. The Bertz CT molecular complexity index is 605. The van der Waals surface area contributed by atoms with E-state index in [1.54, 1.807) is 0 Å². The summed E-state index contributed by atoms with van der Waals surface area (Å²) in [6.07, 6.45) is 0.952. The zero-order valence-corrected chi connectivity index (χ0v) is 14.1. The zero-order chi connectivity index (χ0) is 16.7. The molecule has 0 aliphatic carbocycles. The first-order valence-corrected chi connectivity index (χ1v) is 8.18. The van der Waals surface area contributed by atoms with Crippen molar-refractivity contribution in [1.29, 1.82) is 0 Å². The van der Waals surface area contributed by atoms with Crippen molar-refractivity contribution in [2.45, 2.75) is 45.8 Å². The minimum Gasteiger partial charge on any atom is -0.491 e. The topological polar surface area (TPSA) is 38.3 Å². The molecule has 0 aliphatic rings. The number of rotatable bonds is 7. The van der Waals surface area contributed by atoms with Crippen LogP contribution in [-0.4, -0.2) is 12.0 Å².